The van der Waals surface area contributed by atoms with Gasteiger partial charge in [0.1, 0.15) is 0 Å². The molecule has 0 atom stereocenters. The molecule has 0 amide bonds. The maximum atomic E-state index is 10.6. The molecule has 0 aromatic heterocycles. The fourth-order valence-electron chi connectivity index (χ4n) is 0.940. The third kappa shape index (κ3) is 4.60. The molecule has 1 aromatic carbocycles. The zero-order valence-corrected chi connectivity index (χ0v) is 9.83. The Bertz CT molecular complexity index is 469. The molecule has 1 aromatic rings. The number of nitrogens with zero attached hydrogens (tertiary/aromatic N) is 1. The highest BCUT2D eigenvalue weighted by atomic mass is 32.2. The lowest BCUT2D eigenvalue weighted by molar-refractivity contribution is -0.384. The summed E-state index contributed by atoms with van der Waals surface area (Å²) in [6.07, 6.45) is 0. The molecule has 2 N–H and O–H groups in total. The summed E-state index contributed by atoms with van der Waals surface area (Å²) in [7, 11) is -3.44. The van der Waals surface area contributed by atoms with E-state index in [9.17, 15) is 18.5 Å². The summed E-state index contributed by atoms with van der Waals surface area (Å²) in [5.41, 5.74) is 0.01000. The smallest absolute Gasteiger partial charge is 0.258 e. The first-order valence-corrected chi connectivity index (χ1v) is 6.96. The molecule has 0 bridgehead atoms. The van der Waals surface area contributed by atoms with E-state index in [1.165, 1.54) is 23.9 Å². The Morgan fingerprint density at radius 3 is 2.31 bits per heavy atom. The van der Waals surface area contributed by atoms with E-state index in [1.54, 1.807) is 12.1 Å². The zero-order valence-electron chi connectivity index (χ0n) is 8.20. The normalized spacial score (nSPS) is 11.3. The van der Waals surface area contributed by atoms with Crippen LogP contribution in [0.15, 0.2) is 29.2 Å². The minimum Gasteiger partial charge on any atom is -0.258 e. The van der Waals surface area contributed by atoms with Crippen molar-refractivity contribution in [2.45, 2.75) is 4.90 Å². The van der Waals surface area contributed by atoms with Crippen LogP contribution in [0.2, 0.25) is 0 Å². The van der Waals surface area contributed by atoms with Gasteiger partial charge in [0, 0.05) is 22.8 Å². The summed E-state index contributed by atoms with van der Waals surface area (Å²) >= 11 is 1.29. The fourth-order valence-corrected chi connectivity index (χ4v) is 2.77. The zero-order chi connectivity index (χ0) is 12.2. The molecule has 0 heterocycles. The summed E-state index contributed by atoms with van der Waals surface area (Å²) in [6.45, 7) is 0. The Labute approximate surface area is 97.0 Å². The van der Waals surface area contributed by atoms with Gasteiger partial charge in [-0.15, -0.1) is 11.8 Å². The molecule has 0 unspecified atom stereocenters. The van der Waals surface area contributed by atoms with E-state index in [-0.39, 0.29) is 11.4 Å². The van der Waals surface area contributed by atoms with E-state index in [4.69, 9.17) is 5.14 Å². The summed E-state index contributed by atoms with van der Waals surface area (Å²) in [5, 5.41) is 15.2. The molecule has 0 saturated heterocycles. The van der Waals surface area contributed by atoms with Crippen LogP contribution in [0.5, 0.6) is 0 Å². The van der Waals surface area contributed by atoms with Crippen molar-refractivity contribution in [2.75, 3.05) is 11.5 Å². The number of nitro groups is 1. The Balaban J connectivity index is 2.53. The summed E-state index contributed by atoms with van der Waals surface area (Å²) in [6, 6.07) is 5.90. The highest BCUT2D eigenvalue weighted by Crippen LogP contribution is 2.21. The monoisotopic (exact) mass is 262 g/mol. The number of hydrogen-bond donors (Lipinski definition) is 1. The molecule has 8 heteroatoms. The van der Waals surface area contributed by atoms with E-state index in [1.807, 2.05) is 0 Å². The third-order valence-corrected chi connectivity index (χ3v) is 3.73. The Morgan fingerprint density at radius 1 is 1.31 bits per heavy atom. The number of benzene rings is 1. The van der Waals surface area contributed by atoms with Crippen molar-refractivity contribution in [1.82, 2.24) is 0 Å². The molecule has 0 aliphatic carbocycles. The summed E-state index contributed by atoms with van der Waals surface area (Å²) in [4.78, 5) is 10.6. The van der Waals surface area contributed by atoms with Crippen molar-refractivity contribution >= 4 is 27.5 Å². The first-order chi connectivity index (χ1) is 7.38. The first kappa shape index (κ1) is 12.9. The molecular weight excluding hydrogens is 252 g/mol. The van der Waals surface area contributed by atoms with Crippen LogP contribution in [0.1, 0.15) is 0 Å². The average molecular weight is 262 g/mol. The Kier molecular flexibility index (Phi) is 4.27. The molecule has 0 aliphatic heterocycles. The number of nitro benzene ring substituents is 1. The van der Waals surface area contributed by atoms with Crippen molar-refractivity contribution in [1.29, 1.82) is 0 Å². The second kappa shape index (κ2) is 5.28. The number of sulfonamides is 1. The predicted octanol–water partition coefficient (Wildman–Crippen LogP) is 0.975. The standard InChI is InChI=1S/C8H10N2O4S2/c9-16(13,14)6-5-15-8-3-1-7(2-4-8)10(11)12/h1-4H,5-6H2,(H2,9,13,14). The number of primary sulfonamides is 1. The topological polar surface area (TPSA) is 103 Å². The largest absolute Gasteiger partial charge is 0.269 e. The van der Waals surface area contributed by atoms with Gasteiger partial charge in [0.2, 0.25) is 10.0 Å². The minimum absolute atomic E-state index is 0.01000. The van der Waals surface area contributed by atoms with Gasteiger partial charge in [-0.1, -0.05) is 0 Å². The molecule has 16 heavy (non-hydrogen) atoms. The van der Waals surface area contributed by atoms with Gasteiger partial charge in [-0.25, -0.2) is 13.6 Å². The minimum atomic E-state index is -3.44. The van der Waals surface area contributed by atoms with E-state index < -0.39 is 14.9 Å². The molecule has 6 nitrogen and oxygen atoms in total. The van der Waals surface area contributed by atoms with E-state index >= 15 is 0 Å². The first-order valence-electron chi connectivity index (χ1n) is 4.26. The van der Waals surface area contributed by atoms with Crippen molar-refractivity contribution in [2.24, 2.45) is 5.14 Å². The van der Waals surface area contributed by atoms with Crippen LogP contribution in [0.3, 0.4) is 0 Å². The molecule has 0 spiro atoms. The molecule has 1 rings (SSSR count). The summed E-state index contributed by atoms with van der Waals surface area (Å²) < 4.78 is 21.3. The van der Waals surface area contributed by atoms with Crippen LogP contribution < -0.4 is 5.14 Å². The third-order valence-electron chi connectivity index (χ3n) is 1.68. The van der Waals surface area contributed by atoms with Gasteiger partial charge in [-0.2, -0.15) is 0 Å². The highest BCUT2D eigenvalue weighted by Gasteiger charge is 2.06. The van der Waals surface area contributed by atoms with Crippen molar-refractivity contribution in [3.8, 4) is 0 Å². The molecule has 0 aliphatic rings. The molecule has 88 valence electrons. The van der Waals surface area contributed by atoms with Gasteiger partial charge in [-0.3, -0.25) is 10.1 Å². The number of thioether (sulfide) groups is 1. The average Bonchev–Trinajstić information content (AvgIpc) is 2.16. The van der Waals surface area contributed by atoms with E-state index in [0.717, 1.165) is 4.90 Å². The van der Waals surface area contributed by atoms with Crippen LogP contribution in [0.25, 0.3) is 0 Å². The Morgan fingerprint density at radius 2 is 1.88 bits per heavy atom. The van der Waals surface area contributed by atoms with E-state index in [0.29, 0.717) is 5.75 Å². The quantitative estimate of drug-likeness (QED) is 0.484. The number of hydrogen-bond acceptors (Lipinski definition) is 5. The second-order valence-electron chi connectivity index (χ2n) is 2.97. The lowest BCUT2D eigenvalue weighted by Gasteiger charge is -2.00. The fraction of sp³-hybridized carbons (Fsp3) is 0.250. The van der Waals surface area contributed by atoms with Crippen molar-refractivity contribution in [3.05, 3.63) is 34.4 Å². The highest BCUT2D eigenvalue weighted by molar-refractivity contribution is 8.00. The molecule has 0 fully saturated rings. The number of rotatable bonds is 5. The van der Waals surface area contributed by atoms with Crippen molar-refractivity contribution < 1.29 is 13.3 Å². The molecule has 0 saturated carbocycles. The lowest BCUT2D eigenvalue weighted by atomic mass is 10.3. The second-order valence-corrected chi connectivity index (χ2v) is 5.87. The molecular formula is C8H10N2O4S2. The van der Waals surface area contributed by atoms with Crippen LogP contribution in [0.4, 0.5) is 5.69 Å². The maximum Gasteiger partial charge on any atom is 0.269 e. The van der Waals surface area contributed by atoms with Crippen LogP contribution in [0, 0.1) is 10.1 Å². The Hall–Kier alpha value is -1.12. The van der Waals surface area contributed by atoms with Gasteiger partial charge in [-0.05, 0) is 12.1 Å². The molecule has 0 radical (unpaired) electrons. The number of nitrogens with two attached hydrogens (primary N) is 1. The number of non-ortho nitro benzene ring substituents is 1. The van der Waals surface area contributed by atoms with Gasteiger partial charge >= 0.3 is 0 Å². The van der Waals surface area contributed by atoms with Crippen molar-refractivity contribution in [3.63, 3.8) is 0 Å². The van der Waals surface area contributed by atoms with Crippen LogP contribution in [-0.2, 0) is 10.0 Å². The maximum absolute atomic E-state index is 10.6. The van der Waals surface area contributed by atoms with Gasteiger partial charge < -0.3 is 0 Å². The van der Waals surface area contributed by atoms with Crippen LogP contribution in [-0.4, -0.2) is 24.8 Å². The SMILES string of the molecule is NS(=O)(=O)CCSc1ccc([N+](=O)[O-])cc1. The lowest BCUT2D eigenvalue weighted by Crippen LogP contribution is -2.17. The van der Waals surface area contributed by atoms with Gasteiger partial charge in [0.15, 0.2) is 0 Å². The van der Waals surface area contributed by atoms with Gasteiger partial charge in [0.25, 0.3) is 5.69 Å². The predicted molar refractivity (Wildman–Crippen MR) is 61.8 cm³/mol. The van der Waals surface area contributed by atoms with E-state index in [2.05, 4.69) is 0 Å². The van der Waals surface area contributed by atoms with Gasteiger partial charge in [0.05, 0.1) is 10.7 Å². The van der Waals surface area contributed by atoms with Crippen LogP contribution >= 0.6 is 11.8 Å². The summed E-state index contributed by atoms with van der Waals surface area (Å²) in [5.74, 6) is 0.214.